The van der Waals surface area contributed by atoms with Crippen LogP contribution in [0.3, 0.4) is 0 Å². The third kappa shape index (κ3) is 8.28. The topological polar surface area (TPSA) is 107 Å². The number of benzene rings is 2. The number of methoxy groups -OCH3 is 1. The average Bonchev–Trinajstić information content (AvgIpc) is 2.86. The quantitative estimate of drug-likeness (QED) is 0.339. The predicted molar refractivity (Wildman–Crippen MR) is 140 cm³/mol. The largest absolute Gasteiger partial charge is 0.468 e. The van der Waals surface area contributed by atoms with Gasteiger partial charge in [0.2, 0.25) is 0 Å². The molecule has 0 saturated heterocycles. The maximum absolute atomic E-state index is 14.4. The lowest BCUT2D eigenvalue weighted by Gasteiger charge is -2.19. The van der Waals surface area contributed by atoms with Gasteiger partial charge in [0.1, 0.15) is 18.0 Å². The summed E-state index contributed by atoms with van der Waals surface area (Å²) in [5.41, 5.74) is -2.28. The van der Waals surface area contributed by atoms with Crippen LogP contribution >= 0.6 is 0 Å². The molecule has 2 N–H and O–H groups in total. The second-order valence-electron chi connectivity index (χ2n) is 9.88. The third-order valence-corrected chi connectivity index (χ3v) is 5.66. The van der Waals surface area contributed by atoms with Crippen LogP contribution in [0.2, 0.25) is 0 Å². The van der Waals surface area contributed by atoms with E-state index < -0.39 is 59.4 Å². The van der Waals surface area contributed by atoms with Crippen LogP contribution in [0.15, 0.2) is 41.2 Å². The highest BCUT2D eigenvalue weighted by Gasteiger charge is 2.37. The van der Waals surface area contributed by atoms with Crippen molar-refractivity contribution in [3.8, 4) is 0 Å². The zero-order valence-electron chi connectivity index (χ0n) is 23.0. The van der Waals surface area contributed by atoms with Gasteiger partial charge in [-0.15, -0.1) is 0 Å². The molecule has 218 valence electrons. The molecule has 0 spiro atoms. The number of amides is 1. The van der Waals surface area contributed by atoms with Crippen LogP contribution < -0.4 is 10.9 Å². The van der Waals surface area contributed by atoms with Crippen molar-refractivity contribution >= 4 is 23.0 Å². The summed E-state index contributed by atoms with van der Waals surface area (Å²) in [6, 6.07) is 8.46. The minimum Gasteiger partial charge on any atom is -0.468 e. The van der Waals surface area contributed by atoms with Crippen LogP contribution in [0.1, 0.15) is 48.6 Å². The van der Waals surface area contributed by atoms with Crippen LogP contribution in [-0.4, -0.2) is 41.0 Å². The molecule has 1 amide bonds. The van der Waals surface area contributed by atoms with Crippen molar-refractivity contribution in [3.05, 3.63) is 80.4 Å². The second-order valence-corrected chi connectivity index (χ2v) is 9.88. The van der Waals surface area contributed by atoms with E-state index in [0.717, 1.165) is 4.57 Å². The van der Waals surface area contributed by atoms with Gasteiger partial charge in [-0.25, -0.2) is 9.18 Å². The standard InChI is InChI=1S/C20H17F4NO2.C8H15NO4/c1-11-4-3-5-13(18(11)21)9-15-17(20(22,23)24)14-8-12(10-26)6-7-16(14)25(2)19(15)27;1-8(2,3)13-7(11)9-5-6(10)12-4/h3-8,26H,9-10H2,1-2H3;5H2,1-4H3,(H,9,11). The van der Waals surface area contributed by atoms with Gasteiger partial charge >= 0.3 is 18.2 Å². The predicted octanol–water partition coefficient (Wildman–Crippen LogP) is 4.77. The summed E-state index contributed by atoms with van der Waals surface area (Å²) in [7, 11) is 2.62. The van der Waals surface area contributed by atoms with E-state index in [4.69, 9.17) is 4.74 Å². The van der Waals surface area contributed by atoms with E-state index in [2.05, 4.69) is 10.1 Å². The minimum atomic E-state index is -4.81. The number of ether oxygens (including phenoxy) is 2. The molecule has 0 aliphatic rings. The molecular weight excluding hydrogens is 536 g/mol. The van der Waals surface area contributed by atoms with Crippen molar-refractivity contribution < 1.29 is 41.7 Å². The number of esters is 1. The number of fused-ring (bicyclic) bond motifs is 1. The monoisotopic (exact) mass is 568 g/mol. The van der Waals surface area contributed by atoms with E-state index in [-0.39, 0.29) is 23.0 Å². The number of hydrogen-bond donors (Lipinski definition) is 2. The summed E-state index contributed by atoms with van der Waals surface area (Å²) in [4.78, 5) is 34.2. The van der Waals surface area contributed by atoms with Gasteiger partial charge in [0.25, 0.3) is 5.56 Å². The van der Waals surface area contributed by atoms with Gasteiger partial charge < -0.3 is 24.5 Å². The van der Waals surface area contributed by atoms with Crippen molar-refractivity contribution in [2.75, 3.05) is 13.7 Å². The van der Waals surface area contributed by atoms with E-state index in [0.29, 0.717) is 11.1 Å². The fourth-order valence-electron chi connectivity index (χ4n) is 3.81. The van der Waals surface area contributed by atoms with E-state index in [1.165, 1.54) is 57.5 Å². The Morgan fingerprint density at radius 3 is 2.30 bits per heavy atom. The number of carbonyl (C=O) groups is 2. The Bertz CT molecular complexity index is 1440. The molecule has 2 aromatic carbocycles. The number of nitrogens with zero attached hydrogens (tertiary/aromatic N) is 1. The number of aliphatic hydroxyl groups excluding tert-OH is 1. The Morgan fingerprint density at radius 2 is 1.75 bits per heavy atom. The van der Waals surface area contributed by atoms with E-state index in [9.17, 15) is 37.1 Å². The molecular formula is C28H32F4N2O6. The van der Waals surface area contributed by atoms with Crippen molar-refractivity contribution in [3.63, 3.8) is 0 Å². The van der Waals surface area contributed by atoms with Crippen LogP contribution in [0.4, 0.5) is 22.4 Å². The zero-order valence-corrected chi connectivity index (χ0v) is 23.0. The maximum Gasteiger partial charge on any atom is 0.417 e. The summed E-state index contributed by atoms with van der Waals surface area (Å²) in [5, 5.41) is 11.3. The van der Waals surface area contributed by atoms with Crippen LogP contribution in [0.5, 0.6) is 0 Å². The summed E-state index contributed by atoms with van der Waals surface area (Å²) >= 11 is 0. The zero-order chi connectivity index (χ0) is 30.4. The van der Waals surface area contributed by atoms with Gasteiger partial charge in [-0.3, -0.25) is 9.59 Å². The Kier molecular flexibility index (Phi) is 10.5. The first-order valence-corrected chi connectivity index (χ1v) is 12.1. The fraction of sp³-hybridized carbons (Fsp3) is 0.393. The number of rotatable bonds is 5. The van der Waals surface area contributed by atoms with Crippen molar-refractivity contribution in [2.24, 2.45) is 7.05 Å². The van der Waals surface area contributed by atoms with Gasteiger partial charge in [0.05, 0.1) is 24.8 Å². The van der Waals surface area contributed by atoms with Crippen LogP contribution in [-0.2, 0) is 40.5 Å². The molecule has 8 nitrogen and oxygen atoms in total. The first-order valence-electron chi connectivity index (χ1n) is 12.1. The Morgan fingerprint density at radius 1 is 1.10 bits per heavy atom. The van der Waals surface area contributed by atoms with E-state index >= 15 is 0 Å². The number of halogens is 4. The number of nitrogens with one attached hydrogen (secondary N) is 1. The maximum atomic E-state index is 14.4. The summed E-state index contributed by atoms with van der Waals surface area (Å²) < 4.78 is 66.4. The molecule has 0 atom stereocenters. The smallest absolute Gasteiger partial charge is 0.417 e. The average molecular weight is 569 g/mol. The Labute approximate surface area is 228 Å². The number of aryl methyl sites for hydroxylation is 2. The van der Waals surface area contributed by atoms with Crippen molar-refractivity contribution in [1.82, 2.24) is 9.88 Å². The van der Waals surface area contributed by atoms with Gasteiger partial charge in [-0.2, -0.15) is 13.2 Å². The number of alkyl halides is 3. The molecule has 3 aromatic rings. The summed E-state index contributed by atoms with van der Waals surface area (Å²) in [6.07, 6.45) is -5.91. The number of pyridine rings is 1. The highest BCUT2D eigenvalue weighted by Crippen LogP contribution is 2.37. The molecule has 12 heteroatoms. The Hall–Kier alpha value is -3.93. The van der Waals surface area contributed by atoms with Gasteiger partial charge in [0, 0.05) is 24.4 Å². The third-order valence-electron chi connectivity index (χ3n) is 5.66. The highest BCUT2D eigenvalue weighted by molar-refractivity contribution is 5.85. The van der Waals surface area contributed by atoms with Crippen LogP contribution in [0, 0.1) is 12.7 Å². The molecule has 0 saturated carbocycles. The molecule has 1 heterocycles. The van der Waals surface area contributed by atoms with E-state index in [1.54, 1.807) is 20.8 Å². The number of aliphatic hydroxyl groups is 1. The molecule has 40 heavy (non-hydrogen) atoms. The first-order chi connectivity index (χ1) is 18.5. The first kappa shape index (κ1) is 32.3. The number of aromatic nitrogens is 1. The fourth-order valence-corrected chi connectivity index (χ4v) is 3.81. The molecule has 0 radical (unpaired) electrons. The lowest BCUT2D eigenvalue weighted by molar-refractivity contribution is -0.139. The molecule has 0 unspecified atom stereocenters. The molecule has 1 aromatic heterocycles. The summed E-state index contributed by atoms with van der Waals surface area (Å²) in [6.45, 7) is 6.12. The SMILES string of the molecule is COC(=O)CNC(=O)OC(C)(C)C.Cc1cccc(Cc2c(C(F)(F)F)c3cc(CO)ccc3n(C)c2=O)c1F. The molecule has 0 bridgehead atoms. The lowest BCUT2D eigenvalue weighted by atomic mass is 9.95. The lowest BCUT2D eigenvalue weighted by Crippen LogP contribution is -2.35. The highest BCUT2D eigenvalue weighted by atomic mass is 19.4. The van der Waals surface area contributed by atoms with Gasteiger partial charge in [-0.1, -0.05) is 24.3 Å². The molecule has 0 fully saturated rings. The van der Waals surface area contributed by atoms with Crippen molar-refractivity contribution in [2.45, 2.75) is 52.5 Å². The second kappa shape index (κ2) is 12.9. The summed E-state index contributed by atoms with van der Waals surface area (Å²) in [5.74, 6) is -1.14. The van der Waals surface area contributed by atoms with Gasteiger partial charge in [-0.05, 0) is 56.5 Å². The number of alkyl carbamates (subject to hydrolysis) is 1. The number of carbonyl (C=O) groups excluding carboxylic acids is 2. The molecule has 0 aliphatic heterocycles. The van der Waals surface area contributed by atoms with Crippen LogP contribution in [0.25, 0.3) is 10.9 Å². The number of hydrogen-bond acceptors (Lipinski definition) is 6. The molecule has 3 rings (SSSR count). The Balaban J connectivity index is 0.000000366. The normalized spacial score (nSPS) is 11.5. The van der Waals surface area contributed by atoms with E-state index in [1.807, 2.05) is 0 Å². The van der Waals surface area contributed by atoms with Crippen molar-refractivity contribution in [1.29, 1.82) is 0 Å². The minimum absolute atomic E-state index is 0.0234. The van der Waals surface area contributed by atoms with Gasteiger partial charge in [0.15, 0.2) is 0 Å². The molecule has 0 aliphatic carbocycles.